The molecular formula is C27H23F5N6O4. The fraction of sp³-hybridized carbons (Fsp3) is 0.296. The summed E-state index contributed by atoms with van der Waals surface area (Å²) in [7, 11) is 0. The Balaban J connectivity index is 1.48. The van der Waals surface area contributed by atoms with Gasteiger partial charge in [-0.2, -0.15) is 13.9 Å². The topological polar surface area (TPSA) is 136 Å². The van der Waals surface area contributed by atoms with Crippen molar-refractivity contribution in [3.8, 4) is 22.8 Å². The molecule has 2 aromatic heterocycles. The molecule has 0 saturated carbocycles. The Hall–Kier alpha value is -4.66. The third kappa shape index (κ3) is 4.89. The second-order valence-corrected chi connectivity index (χ2v) is 10.4. The first-order chi connectivity index (χ1) is 19.8. The maximum atomic E-state index is 15.4. The molecular weight excluding hydrogens is 567 g/mol. The van der Waals surface area contributed by atoms with Crippen LogP contribution in [0.1, 0.15) is 26.3 Å². The van der Waals surface area contributed by atoms with Crippen molar-refractivity contribution in [2.75, 3.05) is 25.4 Å². The summed E-state index contributed by atoms with van der Waals surface area (Å²) in [6.07, 6.45) is 1.55. The van der Waals surface area contributed by atoms with E-state index in [1.165, 1.54) is 29.8 Å². The van der Waals surface area contributed by atoms with Gasteiger partial charge in [-0.15, -0.1) is 0 Å². The van der Waals surface area contributed by atoms with E-state index in [1.807, 2.05) is 0 Å². The number of anilines is 1. The van der Waals surface area contributed by atoms with Crippen molar-refractivity contribution in [2.45, 2.75) is 26.3 Å². The molecule has 1 amide bonds. The Bertz CT molecular complexity index is 1720. The highest BCUT2D eigenvalue weighted by Gasteiger charge is 2.39. The first kappa shape index (κ1) is 28.9. The number of Topliss-reactive ketones (excluding diaryl/α,β-unsaturated/α-hetero) is 1. The number of rotatable bonds is 7. The van der Waals surface area contributed by atoms with Crippen LogP contribution in [-0.2, 0) is 9.59 Å². The average molecular weight is 591 g/mol. The molecule has 15 heteroatoms. The second kappa shape index (κ2) is 10.6. The Labute approximate surface area is 234 Å². The summed E-state index contributed by atoms with van der Waals surface area (Å²) in [5, 5.41) is 14.1. The molecule has 3 N–H and O–H groups in total. The molecule has 1 fully saturated rings. The van der Waals surface area contributed by atoms with Gasteiger partial charge in [0.25, 0.3) is 5.91 Å². The molecule has 1 atom stereocenters. The first-order valence-corrected chi connectivity index (χ1v) is 12.6. The molecule has 1 saturated heterocycles. The van der Waals surface area contributed by atoms with Crippen LogP contribution in [-0.4, -0.2) is 61.1 Å². The third-order valence-electron chi connectivity index (χ3n) is 7.01. The van der Waals surface area contributed by atoms with Gasteiger partial charge in [0.15, 0.2) is 17.3 Å². The number of ether oxygens (including phenoxy) is 1. The van der Waals surface area contributed by atoms with E-state index < -0.39 is 70.3 Å². The lowest BCUT2D eigenvalue weighted by atomic mass is 9.88. The van der Waals surface area contributed by atoms with Gasteiger partial charge in [-0.3, -0.25) is 9.59 Å². The minimum absolute atomic E-state index is 0.00331. The van der Waals surface area contributed by atoms with Crippen molar-refractivity contribution >= 4 is 28.5 Å². The summed E-state index contributed by atoms with van der Waals surface area (Å²) in [6, 6.07) is 2.54. The number of nitrogens with two attached hydrogens (primary N) is 1. The second-order valence-electron chi connectivity index (χ2n) is 10.4. The minimum Gasteiger partial charge on any atom is -0.451 e. The van der Waals surface area contributed by atoms with Crippen molar-refractivity contribution in [1.29, 1.82) is 0 Å². The molecule has 220 valence electrons. The first-order valence-electron chi connectivity index (χ1n) is 12.6. The number of amides is 1. The summed E-state index contributed by atoms with van der Waals surface area (Å²) in [4.78, 5) is 34.9. The largest absolute Gasteiger partial charge is 0.451 e. The van der Waals surface area contributed by atoms with Crippen molar-refractivity contribution < 1.29 is 41.4 Å². The van der Waals surface area contributed by atoms with E-state index in [2.05, 4.69) is 15.1 Å². The van der Waals surface area contributed by atoms with Crippen molar-refractivity contribution in [2.24, 2.45) is 5.41 Å². The molecule has 4 aromatic rings. The monoisotopic (exact) mass is 590 g/mol. The average Bonchev–Trinajstić information content (AvgIpc) is 3.60. The van der Waals surface area contributed by atoms with Gasteiger partial charge in [-0.05, 0) is 18.6 Å². The van der Waals surface area contributed by atoms with Gasteiger partial charge in [0.05, 0.1) is 23.4 Å². The van der Waals surface area contributed by atoms with Gasteiger partial charge in [0, 0.05) is 30.8 Å². The number of fused-ring (bicyclic) bond motifs is 1. The standard InChI is InChI=1S/C27H23F5N6O4/c1-27(2,10-39)23(40)26(41)37-6-5-12(9-37)38-25-18(24(33)34-11-35-25)21(36-38)14-4-3-13(7-15(14)28)42-22-19(31)16(29)8-17(30)20(22)32/h3-4,7-8,11-12,39H,5-6,9-10H2,1-2H3,(H2,33,34,35)/t12-/m1/s1. The number of benzene rings is 2. The van der Waals surface area contributed by atoms with Gasteiger partial charge < -0.3 is 20.5 Å². The fourth-order valence-corrected chi connectivity index (χ4v) is 4.58. The summed E-state index contributed by atoms with van der Waals surface area (Å²) in [5.41, 5.74) is 4.93. The van der Waals surface area contributed by atoms with Gasteiger partial charge in [-0.1, -0.05) is 13.8 Å². The fourth-order valence-electron chi connectivity index (χ4n) is 4.58. The molecule has 42 heavy (non-hydrogen) atoms. The van der Waals surface area contributed by atoms with E-state index in [0.29, 0.717) is 6.42 Å². The van der Waals surface area contributed by atoms with Crippen molar-refractivity contribution in [3.05, 3.63) is 59.7 Å². The van der Waals surface area contributed by atoms with E-state index >= 15 is 4.39 Å². The van der Waals surface area contributed by atoms with E-state index in [-0.39, 0.29) is 47.3 Å². The zero-order chi connectivity index (χ0) is 30.5. The molecule has 2 aromatic carbocycles. The molecule has 0 spiro atoms. The maximum absolute atomic E-state index is 15.4. The number of likely N-dealkylation sites (tertiary alicyclic amines) is 1. The summed E-state index contributed by atoms with van der Waals surface area (Å²) in [6.45, 7) is 2.70. The van der Waals surface area contributed by atoms with Crippen LogP contribution in [0.4, 0.5) is 27.8 Å². The van der Waals surface area contributed by atoms with Crippen LogP contribution >= 0.6 is 0 Å². The van der Waals surface area contributed by atoms with Crippen LogP contribution in [0.2, 0.25) is 0 Å². The highest BCUT2D eigenvalue weighted by atomic mass is 19.2. The Morgan fingerprint density at radius 1 is 1.07 bits per heavy atom. The number of halogens is 5. The molecule has 0 aliphatic carbocycles. The molecule has 0 radical (unpaired) electrons. The van der Waals surface area contributed by atoms with Crippen molar-refractivity contribution in [3.63, 3.8) is 0 Å². The molecule has 1 aliphatic heterocycles. The number of nitrogen functional groups attached to an aromatic ring is 1. The lowest BCUT2D eigenvalue weighted by molar-refractivity contribution is -0.149. The SMILES string of the molecule is CC(C)(CO)C(=O)C(=O)N1CC[C@@H](n2nc(-c3ccc(Oc4c(F)c(F)cc(F)c4F)cc3F)c3c(N)ncnc32)C1. The number of ketones is 1. The predicted octanol–water partition coefficient (Wildman–Crippen LogP) is 3.92. The lowest BCUT2D eigenvalue weighted by Gasteiger charge is -2.23. The molecule has 3 heterocycles. The lowest BCUT2D eigenvalue weighted by Crippen LogP contribution is -2.43. The number of carbonyl (C=O) groups excluding carboxylic acids is 2. The molecule has 5 rings (SSSR count). The number of aliphatic hydroxyl groups excluding tert-OH is 1. The van der Waals surface area contributed by atoms with Crippen LogP contribution in [0.5, 0.6) is 11.5 Å². The van der Waals surface area contributed by atoms with Gasteiger partial charge in [-0.25, -0.2) is 27.8 Å². The van der Waals surface area contributed by atoms with Gasteiger partial charge >= 0.3 is 0 Å². The van der Waals surface area contributed by atoms with Gasteiger partial charge in [0.1, 0.15) is 29.4 Å². The number of hydrogen-bond acceptors (Lipinski definition) is 8. The zero-order valence-corrected chi connectivity index (χ0v) is 22.2. The highest BCUT2D eigenvalue weighted by Crippen LogP contribution is 2.37. The molecule has 0 bridgehead atoms. The van der Waals surface area contributed by atoms with Gasteiger partial charge in [0.2, 0.25) is 23.2 Å². The van der Waals surface area contributed by atoms with E-state index in [9.17, 15) is 32.3 Å². The summed E-state index contributed by atoms with van der Waals surface area (Å²) < 4.78 is 77.0. The number of aliphatic hydroxyl groups is 1. The van der Waals surface area contributed by atoms with Crippen LogP contribution in [0.25, 0.3) is 22.3 Å². The molecule has 0 unspecified atom stereocenters. The minimum atomic E-state index is -1.79. The maximum Gasteiger partial charge on any atom is 0.290 e. The number of nitrogens with zero attached hydrogens (tertiary/aromatic N) is 5. The van der Waals surface area contributed by atoms with Crippen LogP contribution in [0.15, 0.2) is 30.6 Å². The Morgan fingerprint density at radius 3 is 2.40 bits per heavy atom. The highest BCUT2D eigenvalue weighted by molar-refractivity contribution is 6.38. The molecule has 10 nitrogen and oxygen atoms in total. The van der Waals surface area contributed by atoms with Crippen molar-refractivity contribution in [1.82, 2.24) is 24.6 Å². The summed E-state index contributed by atoms with van der Waals surface area (Å²) in [5.74, 6) is -11.3. The number of hydrogen-bond donors (Lipinski definition) is 2. The zero-order valence-electron chi connectivity index (χ0n) is 22.2. The van der Waals surface area contributed by atoms with Crippen LogP contribution < -0.4 is 10.5 Å². The third-order valence-corrected chi connectivity index (χ3v) is 7.01. The van der Waals surface area contributed by atoms with E-state index in [4.69, 9.17) is 10.5 Å². The number of carbonyl (C=O) groups is 2. The normalized spacial score (nSPS) is 15.4. The molecule has 1 aliphatic rings. The number of aromatic nitrogens is 4. The Kier molecular flexibility index (Phi) is 7.30. The van der Waals surface area contributed by atoms with E-state index in [1.54, 1.807) is 0 Å². The smallest absolute Gasteiger partial charge is 0.290 e. The predicted molar refractivity (Wildman–Crippen MR) is 138 cm³/mol. The van der Waals surface area contributed by atoms with Crippen LogP contribution in [0, 0.1) is 34.5 Å². The van der Waals surface area contributed by atoms with Crippen LogP contribution in [0.3, 0.4) is 0 Å². The summed E-state index contributed by atoms with van der Waals surface area (Å²) >= 11 is 0. The quantitative estimate of drug-likeness (QED) is 0.188. The van der Waals surface area contributed by atoms with E-state index in [0.717, 1.165) is 18.2 Å². The Morgan fingerprint density at radius 2 is 1.76 bits per heavy atom.